The Bertz CT molecular complexity index is 312. The number of carbonyl (C=O) groups excluding carboxylic acids is 2. The summed E-state index contributed by atoms with van der Waals surface area (Å²) in [5.41, 5.74) is 4.80. The lowest BCUT2D eigenvalue weighted by molar-refractivity contribution is -0.136. The lowest BCUT2D eigenvalue weighted by Crippen LogP contribution is -2.61. The summed E-state index contributed by atoms with van der Waals surface area (Å²) in [6.45, 7) is 4.76. The Morgan fingerprint density at radius 2 is 1.89 bits per heavy atom. The maximum absolute atomic E-state index is 12.4. The number of carbonyl (C=O) groups is 2. The molecule has 1 unspecified atom stereocenters. The van der Waals surface area contributed by atoms with Gasteiger partial charge >= 0.3 is 0 Å². The Labute approximate surface area is 115 Å². The molecule has 1 rings (SSSR count). The Balaban J connectivity index is 2.74. The summed E-state index contributed by atoms with van der Waals surface area (Å²) in [4.78, 5) is 24.4. The fourth-order valence-corrected chi connectivity index (χ4v) is 2.44. The van der Waals surface area contributed by atoms with Gasteiger partial charge < -0.3 is 16.4 Å². The van der Waals surface area contributed by atoms with Crippen molar-refractivity contribution < 1.29 is 9.59 Å². The lowest BCUT2D eigenvalue weighted by Gasteiger charge is -2.37. The molecule has 0 radical (unpaired) electrons. The molecule has 5 nitrogen and oxygen atoms in total. The summed E-state index contributed by atoms with van der Waals surface area (Å²) in [5, 5.41) is 5.88. The normalized spacial score (nSPS) is 19.5. The van der Waals surface area contributed by atoms with Crippen molar-refractivity contribution in [3.05, 3.63) is 0 Å². The molecule has 4 N–H and O–H groups in total. The number of rotatable bonds is 6. The minimum absolute atomic E-state index is 0.0355. The number of amides is 2. The third-order valence-corrected chi connectivity index (χ3v) is 3.84. The lowest BCUT2D eigenvalue weighted by atomic mass is 9.80. The Morgan fingerprint density at radius 3 is 2.42 bits per heavy atom. The van der Waals surface area contributed by atoms with E-state index in [1.807, 2.05) is 6.92 Å². The maximum atomic E-state index is 12.4. The number of nitrogens with one attached hydrogen (secondary N) is 2. The highest BCUT2D eigenvalue weighted by atomic mass is 16.2. The van der Waals surface area contributed by atoms with Crippen LogP contribution in [-0.4, -0.2) is 30.4 Å². The van der Waals surface area contributed by atoms with Gasteiger partial charge in [-0.05, 0) is 19.3 Å². The topological polar surface area (TPSA) is 84.2 Å². The van der Waals surface area contributed by atoms with E-state index in [1.165, 1.54) is 0 Å². The summed E-state index contributed by atoms with van der Waals surface area (Å²) in [6.07, 6.45) is 5.45. The first-order chi connectivity index (χ1) is 9.05. The van der Waals surface area contributed by atoms with Crippen LogP contribution in [0.2, 0.25) is 0 Å². The van der Waals surface area contributed by atoms with Crippen LogP contribution in [0.4, 0.5) is 0 Å². The third kappa shape index (κ3) is 4.20. The van der Waals surface area contributed by atoms with E-state index in [-0.39, 0.29) is 17.7 Å². The Kier molecular flexibility index (Phi) is 6.28. The molecule has 0 saturated heterocycles. The highest BCUT2D eigenvalue weighted by Gasteiger charge is 2.41. The monoisotopic (exact) mass is 269 g/mol. The van der Waals surface area contributed by atoms with Crippen molar-refractivity contribution in [2.45, 2.75) is 57.9 Å². The molecule has 110 valence electrons. The minimum Gasteiger partial charge on any atom is -0.354 e. The number of hydrogen-bond acceptors (Lipinski definition) is 3. The zero-order chi connectivity index (χ0) is 14.3. The molecule has 0 heterocycles. The summed E-state index contributed by atoms with van der Waals surface area (Å²) in [5.74, 6) is -0.402. The first-order valence-corrected chi connectivity index (χ1v) is 7.36. The largest absolute Gasteiger partial charge is 0.354 e. The van der Waals surface area contributed by atoms with Gasteiger partial charge in [-0.2, -0.15) is 0 Å². The predicted molar refractivity (Wildman–Crippen MR) is 75.5 cm³/mol. The van der Waals surface area contributed by atoms with Crippen molar-refractivity contribution in [2.24, 2.45) is 11.7 Å². The molecule has 1 saturated carbocycles. The molecule has 0 bridgehead atoms. The first-order valence-electron chi connectivity index (χ1n) is 7.36. The quantitative estimate of drug-likeness (QED) is 0.670. The SMILES string of the molecule is CCCNC(=O)C1(NC(=O)C(C)CN)CCCCC1. The van der Waals surface area contributed by atoms with Crippen LogP contribution in [0.25, 0.3) is 0 Å². The molecular formula is C14H27N3O2. The van der Waals surface area contributed by atoms with E-state index in [0.29, 0.717) is 13.1 Å². The van der Waals surface area contributed by atoms with Crippen LogP contribution in [0.15, 0.2) is 0 Å². The fourth-order valence-electron chi connectivity index (χ4n) is 2.44. The van der Waals surface area contributed by atoms with Crippen LogP contribution in [0.5, 0.6) is 0 Å². The van der Waals surface area contributed by atoms with Crippen LogP contribution < -0.4 is 16.4 Å². The molecule has 1 aliphatic carbocycles. The van der Waals surface area contributed by atoms with Gasteiger partial charge in [-0.15, -0.1) is 0 Å². The van der Waals surface area contributed by atoms with Crippen molar-refractivity contribution in [3.8, 4) is 0 Å². The zero-order valence-corrected chi connectivity index (χ0v) is 12.1. The molecule has 0 aromatic heterocycles. The van der Waals surface area contributed by atoms with E-state index in [4.69, 9.17) is 5.73 Å². The summed E-state index contributed by atoms with van der Waals surface area (Å²) < 4.78 is 0. The zero-order valence-electron chi connectivity index (χ0n) is 12.1. The minimum atomic E-state index is -0.714. The van der Waals surface area contributed by atoms with Crippen LogP contribution in [0.1, 0.15) is 52.4 Å². The Morgan fingerprint density at radius 1 is 1.26 bits per heavy atom. The molecule has 0 aliphatic heterocycles. The highest BCUT2D eigenvalue weighted by molar-refractivity contribution is 5.92. The average molecular weight is 269 g/mol. The van der Waals surface area contributed by atoms with E-state index in [1.54, 1.807) is 6.92 Å². The standard InChI is InChI=1S/C14H27N3O2/c1-3-9-16-13(19)14(7-5-4-6-8-14)17-12(18)11(2)10-15/h11H,3-10,15H2,1-2H3,(H,16,19)(H,17,18). The highest BCUT2D eigenvalue weighted by Crippen LogP contribution is 2.28. The van der Waals surface area contributed by atoms with Crippen molar-refractivity contribution in [2.75, 3.05) is 13.1 Å². The van der Waals surface area contributed by atoms with E-state index >= 15 is 0 Å². The second-order valence-electron chi connectivity index (χ2n) is 5.52. The van der Waals surface area contributed by atoms with Gasteiger partial charge in [0, 0.05) is 19.0 Å². The fraction of sp³-hybridized carbons (Fsp3) is 0.857. The molecular weight excluding hydrogens is 242 g/mol. The smallest absolute Gasteiger partial charge is 0.245 e. The molecule has 0 spiro atoms. The van der Waals surface area contributed by atoms with Crippen molar-refractivity contribution in [3.63, 3.8) is 0 Å². The average Bonchev–Trinajstić information content (AvgIpc) is 2.44. The Hall–Kier alpha value is -1.10. The summed E-state index contributed by atoms with van der Waals surface area (Å²) in [7, 11) is 0. The van der Waals surface area contributed by atoms with Crippen LogP contribution in [0.3, 0.4) is 0 Å². The van der Waals surface area contributed by atoms with E-state index in [0.717, 1.165) is 38.5 Å². The second-order valence-corrected chi connectivity index (χ2v) is 5.52. The van der Waals surface area contributed by atoms with E-state index in [9.17, 15) is 9.59 Å². The van der Waals surface area contributed by atoms with Crippen LogP contribution >= 0.6 is 0 Å². The number of hydrogen-bond donors (Lipinski definition) is 3. The van der Waals surface area contributed by atoms with Gasteiger partial charge in [0.05, 0.1) is 0 Å². The molecule has 19 heavy (non-hydrogen) atoms. The van der Waals surface area contributed by atoms with E-state index < -0.39 is 5.54 Å². The maximum Gasteiger partial charge on any atom is 0.245 e. The van der Waals surface area contributed by atoms with Gasteiger partial charge in [0.15, 0.2) is 0 Å². The molecule has 1 atom stereocenters. The summed E-state index contributed by atoms with van der Waals surface area (Å²) >= 11 is 0. The van der Waals surface area contributed by atoms with Crippen molar-refractivity contribution in [1.82, 2.24) is 10.6 Å². The molecule has 0 aromatic rings. The number of nitrogens with two attached hydrogens (primary N) is 1. The van der Waals surface area contributed by atoms with Gasteiger partial charge in [-0.3, -0.25) is 9.59 Å². The van der Waals surface area contributed by atoms with Crippen LogP contribution in [-0.2, 0) is 9.59 Å². The predicted octanol–water partition coefficient (Wildman–Crippen LogP) is 0.927. The van der Waals surface area contributed by atoms with Gasteiger partial charge in [-0.25, -0.2) is 0 Å². The molecule has 0 aromatic carbocycles. The third-order valence-electron chi connectivity index (χ3n) is 3.84. The van der Waals surface area contributed by atoms with Crippen LogP contribution in [0, 0.1) is 5.92 Å². The second kappa shape index (κ2) is 7.48. The van der Waals surface area contributed by atoms with Crippen molar-refractivity contribution in [1.29, 1.82) is 0 Å². The summed E-state index contributed by atoms with van der Waals surface area (Å²) in [6, 6.07) is 0. The van der Waals surface area contributed by atoms with Gasteiger partial charge in [0.1, 0.15) is 5.54 Å². The van der Waals surface area contributed by atoms with Gasteiger partial charge in [0.25, 0.3) is 0 Å². The molecule has 2 amide bonds. The van der Waals surface area contributed by atoms with Crippen molar-refractivity contribution >= 4 is 11.8 Å². The van der Waals surface area contributed by atoms with E-state index in [2.05, 4.69) is 10.6 Å². The first kappa shape index (κ1) is 16.0. The van der Waals surface area contributed by atoms with Gasteiger partial charge in [-0.1, -0.05) is 33.1 Å². The molecule has 5 heteroatoms. The molecule has 1 fully saturated rings. The molecule has 1 aliphatic rings. The van der Waals surface area contributed by atoms with Gasteiger partial charge in [0.2, 0.25) is 11.8 Å².